The molecule has 5 heteroatoms. The first-order valence-corrected chi connectivity index (χ1v) is 6.26. The van der Waals surface area contributed by atoms with Gasteiger partial charge < -0.3 is 10.1 Å². The zero-order valence-corrected chi connectivity index (χ0v) is 10.7. The molecule has 0 saturated carbocycles. The molecule has 18 heavy (non-hydrogen) atoms. The van der Waals surface area contributed by atoms with E-state index in [-0.39, 0.29) is 5.78 Å². The Kier molecular flexibility index (Phi) is 4.66. The smallest absolute Gasteiger partial charge is 0.198 e. The van der Waals surface area contributed by atoms with Crippen LogP contribution in [0.1, 0.15) is 16.9 Å². The number of carbonyl (C=O) groups excluding carboxylic acids is 1. The Hall–Kier alpha value is -1.46. The fourth-order valence-electron chi connectivity index (χ4n) is 2.10. The number of nitrogens with one attached hydrogen (secondary N) is 1. The van der Waals surface area contributed by atoms with Crippen LogP contribution in [0.2, 0.25) is 0 Å². The number of ketones is 1. The number of carbonyl (C=O) groups is 1. The summed E-state index contributed by atoms with van der Waals surface area (Å²) < 4.78 is 5.17. The summed E-state index contributed by atoms with van der Waals surface area (Å²) in [6, 6.07) is 3.54. The first-order valence-electron chi connectivity index (χ1n) is 6.26. The summed E-state index contributed by atoms with van der Waals surface area (Å²) in [6.07, 6.45) is 2.70. The van der Waals surface area contributed by atoms with Crippen molar-refractivity contribution in [2.75, 3.05) is 39.8 Å². The number of hydrogen-bond donors (Lipinski definition) is 1. The lowest BCUT2D eigenvalue weighted by Gasteiger charge is -2.18. The van der Waals surface area contributed by atoms with Crippen molar-refractivity contribution in [1.82, 2.24) is 15.2 Å². The van der Waals surface area contributed by atoms with Crippen molar-refractivity contribution in [2.45, 2.75) is 6.42 Å². The van der Waals surface area contributed by atoms with Crippen LogP contribution in [0.5, 0.6) is 5.75 Å². The lowest BCUT2D eigenvalue weighted by Crippen LogP contribution is -2.33. The highest BCUT2D eigenvalue weighted by molar-refractivity contribution is 5.98. The molecule has 1 fully saturated rings. The minimum absolute atomic E-state index is 0.0225. The van der Waals surface area contributed by atoms with Gasteiger partial charge in [-0.05, 0) is 31.6 Å². The normalized spacial score (nSPS) is 17.2. The summed E-state index contributed by atoms with van der Waals surface area (Å²) in [7, 11) is 1.56. The topological polar surface area (TPSA) is 54.5 Å². The van der Waals surface area contributed by atoms with E-state index in [4.69, 9.17) is 4.74 Å². The summed E-state index contributed by atoms with van der Waals surface area (Å²) in [5.41, 5.74) is 0.428. The summed E-state index contributed by atoms with van der Waals surface area (Å²) in [5.74, 6) is 0.574. The van der Waals surface area contributed by atoms with Gasteiger partial charge in [-0.25, -0.2) is 4.98 Å². The maximum absolute atomic E-state index is 12.2. The number of rotatable bonds is 4. The number of pyridine rings is 1. The fourth-order valence-corrected chi connectivity index (χ4v) is 2.10. The van der Waals surface area contributed by atoms with Gasteiger partial charge in [0.2, 0.25) is 0 Å². The van der Waals surface area contributed by atoms with Gasteiger partial charge in [0.25, 0.3) is 0 Å². The maximum Gasteiger partial charge on any atom is 0.198 e. The predicted molar refractivity (Wildman–Crippen MR) is 69.0 cm³/mol. The molecule has 1 aliphatic heterocycles. The van der Waals surface area contributed by atoms with Crippen molar-refractivity contribution >= 4 is 5.78 Å². The quantitative estimate of drug-likeness (QED) is 0.791. The maximum atomic E-state index is 12.2. The molecule has 1 aromatic heterocycles. The van der Waals surface area contributed by atoms with E-state index in [9.17, 15) is 4.79 Å². The van der Waals surface area contributed by atoms with Gasteiger partial charge in [0.05, 0.1) is 13.7 Å². The second-order valence-electron chi connectivity index (χ2n) is 4.36. The van der Waals surface area contributed by atoms with Gasteiger partial charge in [-0.3, -0.25) is 9.69 Å². The zero-order valence-electron chi connectivity index (χ0n) is 10.7. The lowest BCUT2D eigenvalue weighted by atomic mass is 10.2. The van der Waals surface area contributed by atoms with Crippen molar-refractivity contribution in [3.63, 3.8) is 0 Å². The molecule has 0 atom stereocenters. The Balaban J connectivity index is 2.02. The first-order chi connectivity index (χ1) is 8.81. The van der Waals surface area contributed by atoms with Crippen molar-refractivity contribution in [1.29, 1.82) is 0 Å². The van der Waals surface area contributed by atoms with Gasteiger partial charge in [0.1, 0.15) is 11.4 Å². The fraction of sp³-hybridized carbons (Fsp3) is 0.538. The highest BCUT2D eigenvalue weighted by Gasteiger charge is 2.18. The van der Waals surface area contributed by atoms with Gasteiger partial charge in [-0.1, -0.05) is 0 Å². The van der Waals surface area contributed by atoms with Gasteiger partial charge in [0, 0.05) is 19.3 Å². The Morgan fingerprint density at radius 3 is 3.22 bits per heavy atom. The molecule has 0 radical (unpaired) electrons. The third-order valence-corrected chi connectivity index (χ3v) is 3.05. The molecule has 5 nitrogen and oxygen atoms in total. The van der Waals surface area contributed by atoms with Crippen LogP contribution in [0.25, 0.3) is 0 Å². The standard InChI is InChI=1S/C13H19N3O2/c1-18-12-4-2-6-15-13(12)11(17)10-16-8-3-5-14-7-9-16/h2,4,6,14H,3,5,7-10H2,1H3. The minimum Gasteiger partial charge on any atom is -0.494 e. The number of nitrogens with zero attached hydrogens (tertiary/aromatic N) is 2. The molecule has 1 aliphatic rings. The molecule has 1 saturated heterocycles. The molecule has 98 valence electrons. The van der Waals surface area contributed by atoms with Crippen molar-refractivity contribution < 1.29 is 9.53 Å². The van der Waals surface area contributed by atoms with Gasteiger partial charge in [0.15, 0.2) is 5.78 Å². The third kappa shape index (κ3) is 3.27. The molecule has 0 unspecified atom stereocenters. The third-order valence-electron chi connectivity index (χ3n) is 3.05. The molecule has 0 amide bonds. The Labute approximate surface area is 107 Å². The molecule has 1 N–H and O–H groups in total. The molecule has 2 heterocycles. The first kappa shape index (κ1) is 13.0. The molecular weight excluding hydrogens is 230 g/mol. The van der Waals surface area contributed by atoms with E-state index in [1.54, 1.807) is 25.4 Å². The van der Waals surface area contributed by atoms with Gasteiger partial charge >= 0.3 is 0 Å². The molecule has 0 aliphatic carbocycles. The van der Waals surface area contributed by atoms with E-state index in [0.29, 0.717) is 18.0 Å². The van der Waals surface area contributed by atoms with E-state index < -0.39 is 0 Å². The van der Waals surface area contributed by atoms with E-state index in [1.165, 1.54) is 0 Å². The highest BCUT2D eigenvalue weighted by Crippen LogP contribution is 2.15. The molecule has 0 spiro atoms. The van der Waals surface area contributed by atoms with E-state index >= 15 is 0 Å². The molecule has 0 bridgehead atoms. The van der Waals surface area contributed by atoms with Crippen LogP contribution < -0.4 is 10.1 Å². The largest absolute Gasteiger partial charge is 0.494 e. The number of ether oxygens (including phenoxy) is 1. The summed E-state index contributed by atoms with van der Waals surface area (Å²) >= 11 is 0. The number of aromatic nitrogens is 1. The zero-order chi connectivity index (χ0) is 12.8. The minimum atomic E-state index is 0.0225. The van der Waals surface area contributed by atoms with E-state index in [2.05, 4.69) is 15.2 Å². The van der Waals surface area contributed by atoms with Crippen LogP contribution in [0.3, 0.4) is 0 Å². The van der Waals surface area contributed by atoms with Crippen molar-refractivity contribution in [3.05, 3.63) is 24.0 Å². The Bertz CT molecular complexity index is 401. The van der Waals surface area contributed by atoms with Crippen LogP contribution in [-0.4, -0.2) is 55.5 Å². The average molecular weight is 249 g/mol. The Morgan fingerprint density at radius 1 is 1.50 bits per heavy atom. The summed E-state index contributed by atoms with van der Waals surface area (Å²) in [5, 5.41) is 3.32. The van der Waals surface area contributed by atoms with E-state index in [1.807, 2.05) is 0 Å². The van der Waals surface area contributed by atoms with Gasteiger partial charge in [-0.15, -0.1) is 0 Å². The lowest BCUT2D eigenvalue weighted by molar-refractivity contribution is 0.0927. The van der Waals surface area contributed by atoms with E-state index in [0.717, 1.165) is 32.6 Å². The predicted octanol–water partition coefficient (Wildman–Crippen LogP) is 0.568. The van der Waals surface area contributed by atoms with Crippen LogP contribution in [-0.2, 0) is 0 Å². The average Bonchev–Trinajstić information content (AvgIpc) is 2.67. The molecule has 2 rings (SSSR count). The van der Waals surface area contributed by atoms with Crippen LogP contribution in [0.4, 0.5) is 0 Å². The van der Waals surface area contributed by atoms with Crippen molar-refractivity contribution in [3.8, 4) is 5.75 Å². The highest BCUT2D eigenvalue weighted by atomic mass is 16.5. The van der Waals surface area contributed by atoms with Crippen LogP contribution in [0, 0.1) is 0 Å². The van der Waals surface area contributed by atoms with Crippen LogP contribution >= 0.6 is 0 Å². The summed E-state index contributed by atoms with van der Waals surface area (Å²) in [4.78, 5) is 18.5. The Morgan fingerprint density at radius 2 is 2.39 bits per heavy atom. The SMILES string of the molecule is COc1cccnc1C(=O)CN1CCCNCC1. The second kappa shape index (κ2) is 6.47. The molecule has 1 aromatic rings. The van der Waals surface area contributed by atoms with Gasteiger partial charge in [-0.2, -0.15) is 0 Å². The molecule has 0 aromatic carbocycles. The number of methoxy groups -OCH3 is 1. The van der Waals surface area contributed by atoms with Crippen molar-refractivity contribution in [2.24, 2.45) is 0 Å². The summed E-state index contributed by atoms with van der Waals surface area (Å²) in [6.45, 7) is 4.23. The number of hydrogen-bond acceptors (Lipinski definition) is 5. The second-order valence-corrected chi connectivity index (χ2v) is 4.36. The molecular formula is C13H19N3O2. The van der Waals surface area contributed by atoms with Crippen LogP contribution in [0.15, 0.2) is 18.3 Å². The monoisotopic (exact) mass is 249 g/mol. The number of Topliss-reactive ketones (excluding diaryl/α,β-unsaturated/α-hetero) is 1.